The minimum Gasteiger partial charge on any atom is -0.437 e. The number of ether oxygens (including phenoxy) is 2. The Morgan fingerprint density at radius 2 is 1.67 bits per heavy atom. The second-order valence-electron chi connectivity index (χ2n) is 6.94. The Morgan fingerprint density at radius 1 is 0.972 bits per heavy atom. The van der Waals surface area contributed by atoms with Gasteiger partial charge in [0, 0.05) is 18.0 Å². The Labute approximate surface area is 197 Å². The second kappa shape index (κ2) is 9.60. The highest BCUT2D eigenvalue weighted by Gasteiger charge is 2.35. The summed E-state index contributed by atoms with van der Waals surface area (Å²) in [5, 5.41) is 8.28. The molecule has 0 unspecified atom stereocenters. The van der Waals surface area contributed by atoms with Crippen molar-refractivity contribution in [1.29, 1.82) is 0 Å². The molecule has 2 aromatic carbocycles. The number of nitrogens with zero attached hydrogens (tertiary/aromatic N) is 2. The first kappa shape index (κ1) is 26.7. The number of hydrogen-bond donors (Lipinski definition) is 1. The number of amides is 1. The van der Waals surface area contributed by atoms with Gasteiger partial charge in [0.2, 0.25) is 0 Å². The molecule has 0 saturated heterocycles. The molecule has 0 bridgehead atoms. The molecular formula is C20H12F7N3O5S. The Hall–Kier alpha value is -3.95. The summed E-state index contributed by atoms with van der Waals surface area (Å²) in [5.41, 5.74) is -2.55. The maximum atomic E-state index is 14.0. The summed E-state index contributed by atoms with van der Waals surface area (Å²) in [4.78, 5) is 12.6. The first-order valence-electron chi connectivity index (χ1n) is 9.32. The quantitative estimate of drug-likeness (QED) is 0.441. The van der Waals surface area contributed by atoms with E-state index >= 15 is 0 Å². The molecule has 1 N–H and O–H groups in total. The molecule has 3 rings (SSSR count). The van der Waals surface area contributed by atoms with E-state index in [4.69, 9.17) is 4.74 Å². The number of aromatic nitrogens is 2. The number of carbonyl (C=O) groups is 1. The summed E-state index contributed by atoms with van der Waals surface area (Å²) in [6.07, 6.45) is -9.33. The Kier molecular flexibility index (Phi) is 7.11. The van der Waals surface area contributed by atoms with E-state index in [9.17, 15) is 43.9 Å². The fourth-order valence-corrected chi connectivity index (χ4v) is 3.29. The summed E-state index contributed by atoms with van der Waals surface area (Å²) in [5.74, 6) is -5.40. The third-order valence-electron chi connectivity index (χ3n) is 4.16. The third kappa shape index (κ3) is 6.80. The molecule has 0 saturated carbocycles. The zero-order valence-corrected chi connectivity index (χ0v) is 18.4. The van der Waals surface area contributed by atoms with Crippen LogP contribution in [0.3, 0.4) is 0 Å². The van der Waals surface area contributed by atoms with Gasteiger partial charge in [0.1, 0.15) is 11.3 Å². The van der Waals surface area contributed by atoms with Crippen LogP contribution >= 0.6 is 0 Å². The topological polar surface area (TPSA) is 107 Å². The van der Waals surface area contributed by atoms with Crippen LogP contribution in [-0.2, 0) is 16.0 Å². The lowest BCUT2D eigenvalue weighted by atomic mass is 10.2. The first-order valence-corrected chi connectivity index (χ1v) is 11.2. The van der Waals surface area contributed by atoms with Crippen molar-refractivity contribution in [2.45, 2.75) is 17.4 Å². The smallest absolute Gasteiger partial charge is 0.437 e. The van der Waals surface area contributed by atoms with Crippen molar-refractivity contribution in [3.05, 3.63) is 65.6 Å². The van der Waals surface area contributed by atoms with E-state index in [0.29, 0.717) is 12.1 Å². The lowest BCUT2D eigenvalue weighted by Crippen LogP contribution is -2.18. The normalized spacial score (nSPS) is 12.2. The van der Waals surface area contributed by atoms with Gasteiger partial charge in [-0.3, -0.25) is 4.79 Å². The predicted molar refractivity (Wildman–Crippen MR) is 108 cm³/mol. The number of carbonyl (C=O) groups excluding carboxylic acids is 1. The molecular weight excluding hydrogens is 527 g/mol. The van der Waals surface area contributed by atoms with E-state index in [0.717, 1.165) is 18.4 Å². The minimum absolute atomic E-state index is 0.112. The van der Waals surface area contributed by atoms with Crippen LogP contribution in [0.4, 0.5) is 36.4 Å². The average molecular weight is 539 g/mol. The number of rotatable bonds is 6. The van der Waals surface area contributed by atoms with Gasteiger partial charge in [-0.15, -0.1) is 23.4 Å². The number of nitrogens with one attached hydrogen (secondary N) is 1. The van der Waals surface area contributed by atoms with Crippen molar-refractivity contribution in [2.75, 3.05) is 11.6 Å². The molecule has 8 nitrogen and oxygen atoms in total. The number of sulfone groups is 1. The SMILES string of the molecule is CS(=O)(=O)c1cccc(NC(=O)c2cc(C(F)(F)F)nnc2Oc2ccc(OC(F)(F)F)c(F)c2)c1. The molecule has 0 aliphatic heterocycles. The molecule has 16 heteroatoms. The Balaban J connectivity index is 1.96. The standard InChI is InChI=1S/C20H12F7N3O5S/c1-36(32,33)12-4-2-3-10(7-12)28-17(31)13-9-16(19(22,23)24)29-30-18(13)34-11-5-6-15(14(21)8-11)35-20(25,26)27/h2-9H,1H3,(H,28,31). The maximum Gasteiger partial charge on any atom is 0.573 e. The minimum atomic E-state index is -5.19. The molecule has 0 atom stereocenters. The van der Waals surface area contributed by atoms with Crippen LogP contribution in [0.15, 0.2) is 53.4 Å². The summed E-state index contributed by atoms with van der Waals surface area (Å²) in [6.45, 7) is 0. The average Bonchev–Trinajstić information content (AvgIpc) is 2.74. The van der Waals surface area contributed by atoms with Crippen molar-refractivity contribution in [2.24, 2.45) is 0 Å². The highest BCUT2D eigenvalue weighted by atomic mass is 32.2. The van der Waals surface area contributed by atoms with Gasteiger partial charge in [-0.2, -0.15) is 13.2 Å². The Bertz CT molecular complexity index is 1410. The third-order valence-corrected chi connectivity index (χ3v) is 5.27. The lowest BCUT2D eigenvalue weighted by Gasteiger charge is -2.14. The van der Waals surface area contributed by atoms with Crippen molar-refractivity contribution >= 4 is 21.4 Å². The second-order valence-corrected chi connectivity index (χ2v) is 8.96. The maximum absolute atomic E-state index is 14.0. The number of hydrogen-bond acceptors (Lipinski definition) is 7. The molecule has 0 aliphatic carbocycles. The summed E-state index contributed by atoms with van der Waals surface area (Å²) in [7, 11) is -3.68. The highest BCUT2D eigenvalue weighted by Crippen LogP contribution is 2.33. The number of halogens is 7. The van der Waals surface area contributed by atoms with Gasteiger partial charge < -0.3 is 14.8 Å². The summed E-state index contributed by atoms with van der Waals surface area (Å²) >= 11 is 0. The van der Waals surface area contributed by atoms with E-state index < -0.39 is 62.7 Å². The van der Waals surface area contributed by atoms with Crippen molar-refractivity contribution in [3.63, 3.8) is 0 Å². The molecule has 1 heterocycles. The van der Waals surface area contributed by atoms with Crippen LogP contribution in [0.1, 0.15) is 16.1 Å². The Morgan fingerprint density at radius 3 is 2.25 bits per heavy atom. The van der Waals surface area contributed by atoms with Gasteiger partial charge in [0.05, 0.1) is 4.90 Å². The molecule has 1 aromatic heterocycles. The molecule has 192 valence electrons. The largest absolute Gasteiger partial charge is 0.573 e. The van der Waals surface area contributed by atoms with Crippen molar-refractivity contribution < 1.29 is 53.4 Å². The number of benzene rings is 2. The van der Waals surface area contributed by atoms with Gasteiger partial charge in [-0.05, 0) is 36.4 Å². The molecule has 1 amide bonds. The van der Waals surface area contributed by atoms with Gasteiger partial charge in [-0.25, -0.2) is 12.8 Å². The van der Waals surface area contributed by atoms with Crippen LogP contribution in [0.5, 0.6) is 17.4 Å². The molecule has 0 radical (unpaired) electrons. The van der Waals surface area contributed by atoms with E-state index in [1.807, 2.05) is 0 Å². The van der Waals surface area contributed by atoms with E-state index in [1.54, 1.807) is 0 Å². The number of anilines is 1. The van der Waals surface area contributed by atoms with E-state index in [1.165, 1.54) is 18.2 Å². The molecule has 36 heavy (non-hydrogen) atoms. The van der Waals surface area contributed by atoms with Crippen LogP contribution in [0, 0.1) is 5.82 Å². The summed E-state index contributed by atoms with van der Waals surface area (Å²) in [6, 6.07) is 6.78. The van der Waals surface area contributed by atoms with Gasteiger partial charge in [0.25, 0.3) is 11.8 Å². The van der Waals surface area contributed by atoms with E-state index in [-0.39, 0.29) is 16.6 Å². The summed E-state index contributed by atoms with van der Waals surface area (Å²) < 4.78 is 122. The van der Waals surface area contributed by atoms with Gasteiger partial charge in [0.15, 0.2) is 27.1 Å². The fraction of sp³-hybridized carbons (Fsp3) is 0.150. The zero-order valence-electron chi connectivity index (χ0n) is 17.6. The highest BCUT2D eigenvalue weighted by molar-refractivity contribution is 7.90. The van der Waals surface area contributed by atoms with Crippen LogP contribution in [0.2, 0.25) is 0 Å². The molecule has 3 aromatic rings. The monoisotopic (exact) mass is 539 g/mol. The molecule has 0 aliphatic rings. The van der Waals surface area contributed by atoms with E-state index in [2.05, 4.69) is 20.3 Å². The van der Waals surface area contributed by atoms with Gasteiger partial charge >= 0.3 is 12.5 Å². The first-order chi connectivity index (χ1) is 16.5. The lowest BCUT2D eigenvalue weighted by molar-refractivity contribution is -0.275. The van der Waals surface area contributed by atoms with Crippen molar-refractivity contribution in [3.8, 4) is 17.4 Å². The van der Waals surface area contributed by atoms with Crippen LogP contribution in [0.25, 0.3) is 0 Å². The van der Waals surface area contributed by atoms with Gasteiger partial charge in [-0.1, -0.05) is 6.07 Å². The fourth-order valence-electron chi connectivity index (χ4n) is 2.62. The van der Waals surface area contributed by atoms with Crippen LogP contribution < -0.4 is 14.8 Å². The number of alkyl halides is 6. The zero-order chi connectivity index (χ0) is 26.9. The van der Waals surface area contributed by atoms with Crippen LogP contribution in [-0.4, -0.2) is 37.1 Å². The molecule has 0 spiro atoms. The predicted octanol–water partition coefficient (Wildman–Crippen LogP) is 4.98. The van der Waals surface area contributed by atoms with Crippen molar-refractivity contribution in [1.82, 2.24) is 10.2 Å². The molecule has 0 fully saturated rings.